The summed E-state index contributed by atoms with van der Waals surface area (Å²) >= 11 is 0. The van der Waals surface area contributed by atoms with Gasteiger partial charge in [0.25, 0.3) is 0 Å². The molecule has 7 heteroatoms. The molecule has 1 aliphatic rings. The Balaban J connectivity index is 0.00000272. The highest BCUT2D eigenvalue weighted by Crippen LogP contribution is 2.21. The number of rotatable bonds is 5. The molecule has 0 amide bonds. The summed E-state index contributed by atoms with van der Waals surface area (Å²) in [4.78, 5) is 11.5. The number of aliphatic imine (C=N–C) groups is 1. The molecule has 1 aromatic carbocycles. The second kappa shape index (κ2) is 10.7. The number of aromatic nitrogens is 3. The Labute approximate surface area is 201 Å². The Hall–Kier alpha value is -2.42. The fourth-order valence-corrected chi connectivity index (χ4v) is 4.16. The molecule has 0 spiro atoms. The van der Waals surface area contributed by atoms with Crippen molar-refractivity contribution in [3.63, 3.8) is 0 Å². The Morgan fingerprint density at radius 2 is 1.94 bits per heavy atom. The minimum absolute atomic E-state index is 0. The highest BCUT2D eigenvalue weighted by Gasteiger charge is 2.24. The number of likely N-dealkylation sites (tertiary alicyclic amines) is 1. The van der Waals surface area contributed by atoms with Crippen molar-refractivity contribution in [3.8, 4) is 5.82 Å². The van der Waals surface area contributed by atoms with E-state index in [2.05, 4.69) is 67.8 Å². The van der Waals surface area contributed by atoms with Gasteiger partial charge in [0.1, 0.15) is 0 Å². The molecule has 1 aliphatic heterocycles. The Kier molecular flexibility index (Phi) is 8.06. The van der Waals surface area contributed by atoms with Crippen LogP contribution in [-0.4, -0.2) is 45.8 Å². The van der Waals surface area contributed by atoms with Crippen molar-refractivity contribution in [2.24, 2.45) is 10.9 Å². The lowest BCUT2D eigenvalue weighted by Gasteiger charge is -2.22. The molecule has 1 atom stereocenters. The van der Waals surface area contributed by atoms with Crippen LogP contribution >= 0.6 is 24.0 Å². The predicted octanol–water partition coefficient (Wildman–Crippen LogP) is 4.14. The van der Waals surface area contributed by atoms with E-state index in [-0.39, 0.29) is 24.0 Å². The van der Waals surface area contributed by atoms with Crippen LogP contribution in [0.5, 0.6) is 0 Å². The maximum absolute atomic E-state index is 4.59. The van der Waals surface area contributed by atoms with E-state index in [1.54, 1.807) is 0 Å². The average Bonchev–Trinajstić information content (AvgIpc) is 3.35. The van der Waals surface area contributed by atoms with E-state index >= 15 is 0 Å². The van der Waals surface area contributed by atoms with Gasteiger partial charge in [-0.15, -0.1) is 24.0 Å². The van der Waals surface area contributed by atoms with Crippen molar-refractivity contribution in [1.82, 2.24) is 25.0 Å². The van der Waals surface area contributed by atoms with Gasteiger partial charge >= 0.3 is 0 Å². The first-order valence-corrected chi connectivity index (χ1v) is 10.6. The van der Waals surface area contributed by atoms with Gasteiger partial charge in [-0.05, 0) is 55.9 Å². The van der Waals surface area contributed by atoms with Crippen molar-refractivity contribution < 1.29 is 0 Å². The van der Waals surface area contributed by atoms with E-state index in [9.17, 15) is 0 Å². The van der Waals surface area contributed by atoms with E-state index < -0.39 is 0 Å². The SMILES string of the molecule is CN=C(NCc1ccc(-n2nc(C)cc2C)nc1)N1CCC(Cc2ccccc2)C1.I. The highest BCUT2D eigenvalue weighted by atomic mass is 127. The quantitative estimate of drug-likeness (QED) is 0.306. The lowest BCUT2D eigenvalue weighted by molar-refractivity contribution is 0.459. The largest absolute Gasteiger partial charge is 0.352 e. The fourth-order valence-electron chi connectivity index (χ4n) is 4.16. The lowest BCUT2D eigenvalue weighted by Crippen LogP contribution is -2.39. The van der Waals surface area contributed by atoms with E-state index in [4.69, 9.17) is 0 Å². The van der Waals surface area contributed by atoms with E-state index in [0.29, 0.717) is 12.5 Å². The van der Waals surface area contributed by atoms with Crippen molar-refractivity contribution in [2.45, 2.75) is 33.2 Å². The van der Waals surface area contributed by atoms with Crippen molar-refractivity contribution in [2.75, 3.05) is 20.1 Å². The molecule has 6 nitrogen and oxygen atoms in total. The molecule has 4 rings (SSSR count). The van der Waals surface area contributed by atoms with Gasteiger partial charge in [-0.2, -0.15) is 5.10 Å². The smallest absolute Gasteiger partial charge is 0.193 e. The second-order valence-corrected chi connectivity index (χ2v) is 8.05. The molecule has 31 heavy (non-hydrogen) atoms. The summed E-state index contributed by atoms with van der Waals surface area (Å²) in [6.45, 7) is 6.84. The number of benzene rings is 1. The zero-order valence-electron chi connectivity index (χ0n) is 18.5. The standard InChI is InChI=1S/C24H30N6.HI/c1-18-13-19(2)30(28-18)23-10-9-22(15-26-23)16-27-24(25-3)29-12-11-21(17-29)14-20-7-5-4-6-8-20;/h4-10,13,15,21H,11-12,14,16-17H2,1-3H3,(H,25,27);1H. The summed E-state index contributed by atoms with van der Waals surface area (Å²) < 4.78 is 1.88. The first-order chi connectivity index (χ1) is 14.6. The van der Waals surface area contributed by atoms with Gasteiger partial charge in [0.05, 0.1) is 5.69 Å². The first-order valence-electron chi connectivity index (χ1n) is 10.6. The first kappa shape index (κ1) is 23.2. The zero-order chi connectivity index (χ0) is 20.9. The molecule has 1 unspecified atom stereocenters. The number of hydrogen-bond acceptors (Lipinski definition) is 3. The molecule has 0 aliphatic carbocycles. The molecule has 3 heterocycles. The van der Waals surface area contributed by atoms with Crippen LogP contribution in [0.2, 0.25) is 0 Å². The molecule has 1 saturated heterocycles. The van der Waals surface area contributed by atoms with Crippen LogP contribution < -0.4 is 5.32 Å². The minimum atomic E-state index is 0. The summed E-state index contributed by atoms with van der Waals surface area (Å²) in [7, 11) is 1.86. The molecule has 0 bridgehead atoms. The van der Waals surface area contributed by atoms with E-state index in [0.717, 1.165) is 48.2 Å². The molecule has 0 saturated carbocycles. The number of guanidine groups is 1. The van der Waals surface area contributed by atoms with Crippen molar-refractivity contribution in [1.29, 1.82) is 0 Å². The third-order valence-corrected chi connectivity index (χ3v) is 5.65. The number of nitrogens with one attached hydrogen (secondary N) is 1. The predicted molar refractivity (Wildman–Crippen MR) is 136 cm³/mol. The van der Waals surface area contributed by atoms with Crippen LogP contribution in [0.4, 0.5) is 0 Å². The molecule has 2 aromatic heterocycles. The van der Waals surface area contributed by atoms with Crippen LogP contribution in [0.1, 0.15) is 28.9 Å². The van der Waals surface area contributed by atoms with Gasteiger partial charge in [-0.3, -0.25) is 4.99 Å². The van der Waals surface area contributed by atoms with Crippen LogP contribution in [0.15, 0.2) is 59.7 Å². The van der Waals surface area contributed by atoms with Gasteiger partial charge in [-0.25, -0.2) is 9.67 Å². The molecule has 0 radical (unpaired) electrons. The van der Waals surface area contributed by atoms with Gasteiger partial charge in [0, 0.05) is 38.6 Å². The Morgan fingerprint density at radius 1 is 1.13 bits per heavy atom. The summed E-state index contributed by atoms with van der Waals surface area (Å²) in [5, 5.41) is 8.00. The normalized spacial score (nSPS) is 16.3. The summed E-state index contributed by atoms with van der Waals surface area (Å²) in [5.74, 6) is 2.48. The molecular formula is C24H31IN6. The fraction of sp³-hybridized carbons (Fsp3) is 0.375. The minimum Gasteiger partial charge on any atom is -0.352 e. The lowest BCUT2D eigenvalue weighted by atomic mass is 9.99. The van der Waals surface area contributed by atoms with Crippen LogP contribution in [-0.2, 0) is 13.0 Å². The van der Waals surface area contributed by atoms with E-state index in [1.165, 1.54) is 12.0 Å². The Morgan fingerprint density at radius 3 is 2.58 bits per heavy atom. The van der Waals surface area contributed by atoms with Gasteiger partial charge in [-0.1, -0.05) is 36.4 Å². The van der Waals surface area contributed by atoms with Gasteiger partial charge in [0.15, 0.2) is 11.8 Å². The molecule has 3 aromatic rings. The maximum atomic E-state index is 4.59. The molecule has 1 N–H and O–H groups in total. The van der Waals surface area contributed by atoms with Gasteiger partial charge in [0.2, 0.25) is 0 Å². The molecule has 1 fully saturated rings. The zero-order valence-corrected chi connectivity index (χ0v) is 20.8. The van der Waals surface area contributed by atoms with Crippen molar-refractivity contribution >= 4 is 29.9 Å². The molecular weight excluding hydrogens is 499 g/mol. The number of pyridine rings is 1. The third-order valence-electron chi connectivity index (χ3n) is 5.65. The number of halogens is 1. The van der Waals surface area contributed by atoms with Gasteiger partial charge < -0.3 is 10.2 Å². The summed E-state index contributed by atoms with van der Waals surface area (Å²) in [6.07, 6.45) is 4.24. The second-order valence-electron chi connectivity index (χ2n) is 8.05. The summed E-state index contributed by atoms with van der Waals surface area (Å²) in [5.41, 5.74) is 4.63. The highest BCUT2D eigenvalue weighted by molar-refractivity contribution is 14.0. The van der Waals surface area contributed by atoms with Crippen molar-refractivity contribution in [3.05, 3.63) is 77.2 Å². The van der Waals surface area contributed by atoms with Crippen LogP contribution in [0.3, 0.4) is 0 Å². The third kappa shape index (κ3) is 5.84. The number of nitrogens with zero attached hydrogens (tertiary/aromatic N) is 5. The number of aryl methyl sites for hydroxylation is 2. The molecule has 164 valence electrons. The topological polar surface area (TPSA) is 58.3 Å². The van der Waals surface area contributed by atoms with Crippen LogP contribution in [0.25, 0.3) is 5.82 Å². The maximum Gasteiger partial charge on any atom is 0.193 e. The average molecular weight is 530 g/mol. The monoisotopic (exact) mass is 530 g/mol. The van der Waals surface area contributed by atoms with E-state index in [1.807, 2.05) is 37.8 Å². The van der Waals surface area contributed by atoms with Crippen LogP contribution in [0, 0.1) is 19.8 Å². The summed E-state index contributed by atoms with van der Waals surface area (Å²) in [6, 6.07) is 16.9. The Bertz CT molecular complexity index is 997. The number of hydrogen-bond donors (Lipinski definition) is 1.